The molecule has 2 heterocycles. The third-order valence-corrected chi connectivity index (χ3v) is 3.30. The SMILES string of the molecule is CC(C)Nc1nccn1Cc1ccc(Cl)s1. The van der Waals surface area contributed by atoms with Crippen LogP contribution in [-0.4, -0.2) is 15.6 Å². The molecule has 0 amide bonds. The molecule has 0 atom stereocenters. The summed E-state index contributed by atoms with van der Waals surface area (Å²) in [5, 5.41) is 3.30. The van der Waals surface area contributed by atoms with E-state index in [1.807, 2.05) is 18.3 Å². The number of imidazole rings is 1. The first kappa shape index (κ1) is 11.5. The van der Waals surface area contributed by atoms with E-state index in [0.717, 1.165) is 16.8 Å². The second-order valence-corrected chi connectivity index (χ2v) is 5.68. The zero-order valence-corrected chi connectivity index (χ0v) is 10.8. The van der Waals surface area contributed by atoms with Gasteiger partial charge in [-0.1, -0.05) is 11.6 Å². The fourth-order valence-corrected chi connectivity index (χ4v) is 2.53. The fraction of sp³-hybridized carbons (Fsp3) is 0.364. The number of anilines is 1. The van der Waals surface area contributed by atoms with Crippen LogP contribution in [-0.2, 0) is 6.54 Å². The van der Waals surface area contributed by atoms with Gasteiger partial charge in [0.1, 0.15) is 0 Å². The highest BCUT2D eigenvalue weighted by Gasteiger charge is 2.05. The van der Waals surface area contributed by atoms with Crippen molar-refractivity contribution < 1.29 is 0 Å². The van der Waals surface area contributed by atoms with E-state index in [9.17, 15) is 0 Å². The molecule has 1 N–H and O–H groups in total. The van der Waals surface area contributed by atoms with E-state index in [1.54, 1.807) is 17.5 Å². The van der Waals surface area contributed by atoms with E-state index in [-0.39, 0.29) is 0 Å². The van der Waals surface area contributed by atoms with Crippen LogP contribution in [0.25, 0.3) is 0 Å². The Kier molecular flexibility index (Phi) is 3.51. The number of rotatable bonds is 4. The number of aromatic nitrogens is 2. The Balaban J connectivity index is 2.12. The monoisotopic (exact) mass is 255 g/mol. The van der Waals surface area contributed by atoms with E-state index in [0.29, 0.717) is 6.04 Å². The second kappa shape index (κ2) is 4.89. The Morgan fingerprint density at radius 3 is 2.94 bits per heavy atom. The van der Waals surface area contributed by atoms with E-state index < -0.39 is 0 Å². The summed E-state index contributed by atoms with van der Waals surface area (Å²) in [4.78, 5) is 5.51. The summed E-state index contributed by atoms with van der Waals surface area (Å²) in [6, 6.07) is 4.35. The molecule has 0 unspecified atom stereocenters. The molecule has 2 aromatic heterocycles. The second-order valence-electron chi connectivity index (χ2n) is 3.88. The van der Waals surface area contributed by atoms with Crippen molar-refractivity contribution >= 4 is 28.9 Å². The molecule has 2 aromatic rings. The quantitative estimate of drug-likeness (QED) is 0.907. The van der Waals surface area contributed by atoms with Gasteiger partial charge in [-0.05, 0) is 26.0 Å². The lowest BCUT2D eigenvalue weighted by atomic mass is 10.4. The zero-order chi connectivity index (χ0) is 11.5. The van der Waals surface area contributed by atoms with Crippen molar-refractivity contribution in [1.29, 1.82) is 0 Å². The molecule has 0 fully saturated rings. The Hall–Kier alpha value is -1.000. The van der Waals surface area contributed by atoms with Gasteiger partial charge in [0.15, 0.2) is 0 Å². The summed E-state index contributed by atoms with van der Waals surface area (Å²) >= 11 is 7.51. The maximum Gasteiger partial charge on any atom is 0.203 e. The first-order chi connectivity index (χ1) is 7.65. The van der Waals surface area contributed by atoms with Gasteiger partial charge in [0, 0.05) is 23.3 Å². The van der Waals surface area contributed by atoms with Gasteiger partial charge in [-0.2, -0.15) is 0 Å². The average molecular weight is 256 g/mol. The molecule has 0 aromatic carbocycles. The van der Waals surface area contributed by atoms with Gasteiger partial charge in [-0.15, -0.1) is 11.3 Å². The van der Waals surface area contributed by atoms with Crippen molar-refractivity contribution in [3.8, 4) is 0 Å². The number of hydrogen-bond acceptors (Lipinski definition) is 3. The van der Waals surface area contributed by atoms with Crippen LogP contribution in [0, 0.1) is 0 Å². The van der Waals surface area contributed by atoms with Gasteiger partial charge in [0.2, 0.25) is 5.95 Å². The molecule has 0 saturated heterocycles. The minimum Gasteiger partial charge on any atom is -0.353 e. The molecule has 16 heavy (non-hydrogen) atoms. The Morgan fingerprint density at radius 2 is 2.31 bits per heavy atom. The van der Waals surface area contributed by atoms with E-state index in [2.05, 4.69) is 28.7 Å². The van der Waals surface area contributed by atoms with Crippen LogP contribution in [0.15, 0.2) is 24.5 Å². The molecule has 0 bridgehead atoms. The normalized spacial score (nSPS) is 11.0. The molecular formula is C11H14ClN3S. The third kappa shape index (κ3) is 2.77. The molecule has 0 spiro atoms. The van der Waals surface area contributed by atoms with Crippen molar-refractivity contribution in [2.24, 2.45) is 0 Å². The highest BCUT2D eigenvalue weighted by molar-refractivity contribution is 7.16. The highest BCUT2D eigenvalue weighted by atomic mass is 35.5. The number of nitrogens with zero attached hydrogens (tertiary/aromatic N) is 2. The molecule has 0 radical (unpaired) electrons. The van der Waals surface area contributed by atoms with Gasteiger partial charge in [-0.3, -0.25) is 0 Å². The Bertz CT molecular complexity index is 461. The van der Waals surface area contributed by atoms with Crippen molar-refractivity contribution in [3.05, 3.63) is 33.7 Å². The van der Waals surface area contributed by atoms with Gasteiger partial charge < -0.3 is 9.88 Å². The summed E-state index contributed by atoms with van der Waals surface area (Å²) in [6.45, 7) is 5.01. The average Bonchev–Trinajstić information content (AvgIpc) is 2.77. The van der Waals surface area contributed by atoms with Crippen molar-refractivity contribution in [2.75, 3.05) is 5.32 Å². The lowest BCUT2D eigenvalue weighted by Gasteiger charge is -2.11. The Morgan fingerprint density at radius 1 is 1.50 bits per heavy atom. The smallest absolute Gasteiger partial charge is 0.203 e. The largest absolute Gasteiger partial charge is 0.353 e. The van der Waals surface area contributed by atoms with Gasteiger partial charge in [0.05, 0.1) is 10.9 Å². The third-order valence-electron chi connectivity index (χ3n) is 2.09. The van der Waals surface area contributed by atoms with Crippen LogP contribution in [0.1, 0.15) is 18.7 Å². The standard InChI is InChI=1S/C11H14ClN3S/c1-8(2)14-11-13-5-6-15(11)7-9-3-4-10(12)16-9/h3-6,8H,7H2,1-2H3,(H,13,14). The molecule has 2 rings (SSSR count). The van der Waals surface area contributed by atoms with Crippen LogP contribution in [0.5, 0.6) is 0 Å². The van der Waals surface area contributed by atoms with E-state index in [4.69, 9.17) is 11.6 Å². The zero-order valence-electron chi connectivity index (χ0n) is 9.27. The molecule has 0 saturated carbocycles. The number of halogens is 1. The minimum atomic E-state index is 0.382. The summed E-state index contributed by atoms with van der Waals surface area (Å²) in [5.74, 6) is 0.902. The summed E-state index contributed by atoms with van der Waals surface area (Å²) < 4.78 is 2.91. The molecule has 5 heteroatoms. The predicted molar refractivity (Wildman–Crippen MR) is 69.4 cm³/mol. The first-order valence-corrected chi connectivity index (χ1v) is 6.36. The molecule has 3 nitrogen and oxygen atoms in total. The molecule has 0 aliphatic heterocycles. The Labute approximate surface area is 104 Å². The number of hydrogen-bond donors (Lipinski definition) is 1. The summed E-state index contributed by atoms with van der Waals surface area (Å²) in [6.07, 6.45) is 3.78. The number of nitrogens with one attached hydrogen (secondary N) is 1. The van der Waals surface area contributed by atoms with Crippen molar-refractivity contribution in [2.45, 2.75) is 26.4 Å². The van der Waals surface area contributed by atoms with E-state index >= 15 is 0 Å². The number of thiophene rings is 1. The van der Waals surface area contributed by atoms with Crippen LogP contribution in [0.4, 0.5) is 5.95 Å². The minimum absolute atomic E-state index is 0.382. The summed E-state index contributed by atoms with van der Waals surface area (Å²) in [5.41, 5.74) is 0. The molecule has 86 valence electrons. The molecule has 0 aliphatic carbocycles. The maximum atomic E-state index is 5.90. The van der Waals surface area contributed by atoms with Gasteiger partial charge in [0.25, 0.3) is 0 Å². The van der Waals surface area contributed by atoms with Crippen LogP contribution < -0.4 is 5.32 Å². The first-order valence-electron chi connectivity index (χ1n) is 5.17. The van der Waals surface area contributed by atoms with Crippen LogP contribution in [0.3, 0.4) is 0 Å². The van der Waals surface area contributed by atoms with Crippen LogP contribution in [0.2, 0.25) is 4.34 Å². The highest BCUT2D eigenvalue weighted by Crippen LogP contribution is 2.23. The summed E-state index contributed by atoms with van der Waals surface area (Å²) in [7, 11) is 0. The maximum absolute atomic E-state index is 5.90. The lowest BCUT2D eigenvalue weighted by molar-refractivity contribution is 0.782. The van der Waals surface area contributed by atoms with Crippen molar-refractivity contribution in [3.63, 3.8) is 0 Å². The van der Waals surface area contributed by atoms with Gasteiger partial charge in [-0.25, -0.2) is 4.98 Å². The van der Waals surface area contributed by atoms with Crippen LogP contribution >= 0.6 is 22.9 Å². The lowest BCUT2D eigenvalue weighted by Crippen LogP contribution is -2.14. The molecular weight excluding hydrogens is 242 g/mol. The molecule has 0 aliphatic rings. The fourth-order valence-electron chi connectivity index (χ4n) is 1.44. The predicted octanol–water partition coefficient (Wildman–Crippen LogP) is 3.47. The van der Waals surface area contributed by atoms with Gasteiger partial charge >= 0.3 is 0 Å². The topological polar surface area (TPSA) is 29.9 Å². The van der Waals surface area contributed by atoms with E-state index in [1.165, 1.54) is 4.88 Å². The van der Waals surface area contributed by atoms with Crippen molar-refractivity contribution in [1.82, 2.24) is 9.55 Å².